The van der Waals surface area contributed by atoms with Gasteiger partial charge in [-0.3, -0.25) is 9.59 Å². The Morgan fingerprint density at radius 2 is 2.22 bits per heavy atom. The van der Waals surface area contributed by atoms with Gasteiger partial charge in [-0.2, -0.15) is 0 Å². The summed E-state index contributed by atoms with van der Waals surface area (Å²) in [5.74, 6) is -0.406. The van der Waals surface area contributed by atoms with E-state index in [-0.39, 0.29) is 18.4 Å². The van der Waals surface area contributed by atoms with Crippen LogP contribution >= 0.6 is 0 Å². The van der Waals surface area contributed by atoms with Gasteiger partial charge in [0.2, 0.25) is 5.91 Å². The summed E-state index contributed by atoms with van der Waals surface area (Å²) in [5.41, 5.74) is 0. The number of rotatable bonds is 4. The number of carbonyl (C=O) groups excluding carboxylic acids is 1. The molecular formula is C13H19NO4. The molecule has 5 heteroatoms. The number of morpholine rings is 1. The van der Waals surface area contributed by atoms with Crippen LogP contribution in [0.5, 0.6) is 0 Å². The van der Waals surface area contributed by atoms with E-state index in [9.17, 15) is 9.59 Å². The molecular weight excluding hydrogens is 234 g/mol. The van der Waals surface area contributed by atoms with Crippen molar-refractivity contribution in [3.63, 3.8) is 0 Å². The highest BCUT2D eigenvalue weighted by atomic mass is 16.5. The van der Waals surface area contributed by atoms with Crippen LogP contribution in [0.4, 0.5) is 0 Å². The van der Waals surface area contributed by atoms with E-state index in [1.807, 2.05) is 0 Å². The summed E-state index contributed by atoms with van der Waals surface area (Å²) in [4.78, 5) is 24.4. The van der Waals surface area contributed by atoms with Crippen LogP contribution in [-0.2, 0) is 14.3 Å². The monoisotopic (exact) mass is 253 g/mol. The predicted octanol–water partition coefficient (Wildman–Crippen LogP) is 1.04. The van der Waals surface area contributed by atoms with Crippen molar-refractivity contribution >= 4 is 11.9 Å². The molecule has 1 aliphatic heterocycles. The molecule has 2 rings (SSSR count). The highest BCUT2D eigenvalue weighted by molar-refractivity contribution is 5.77. The first-order chi connectivity index (χ1) is 8.65. The van der Waals surface area contributed by atoms with Crippen molar-refractivity contribution in [1.82, 2.24) is 4.90 Å². The summed E-state index contributed by atoms with van der Waals surface area (Å²) < 4.78 is 5.35. The molecule has 0 spiro atoms. The van der Waals surface area contributed by atoms with E-state index in [0.29, 0.717) is 32.0 Å². The van der Waals surface area contributed by atoms with Crippen molar-refractivity contribution in [1.29, 1.82) is 0 Å². The zero-order valence-electron chi connectivity index (χ0n) is 10.4. The molecule has 0 radical (unpaired) electrons. The number of ether oxygens (including phenoxy) is 1. The van der Waals surface area contributed by atoms with Gasteiger partial charge in [-0.05, 0) is 18.8 Å². The first-order valence-corrected chi connectivity index (χ1v) is 6.43. The molecule has 18 heavy (non-hydrogen) atoms. The normalized spacial score (nSPS) is 27.4. The lowest BCUT2D eigenvalue weighted by molar-refractivity contribution is -0.148. The van der Waals surface area contributed by atoms with E-state index in [2.05, 4.69) is 12.2 Å². The standard InChI is InChI=1S/C13H19NO4/c15-12(7-10-3-1-2-4-10)14-5-6-18-11(9-14)8-13(16)17/h1,3,10-11H,2,4-9H2,(H,16,17)/t10-,11+/m0/s1. The Kier molecular flexibility index (Phi) is 4.36. The van der Waals surface area contributed by atoms with Gasteiger partial charge in [0.25, 0.3) is 0 Å². The highest BCUT2D eigenvalue weighted by Crippen LogP contribution is 2.22. The largest absolute Gasteiger partial charge is 0.481 e. The minimum atomic E-state index is -0.881. The average molecular weight is 253 g/mol. The van der Waals surface area contributed by atoms with Crippen LogP contribution in [-0.4, -0.2) is 47.7 Å². The van der Waals surface area contributed by atoms with E-state index >= 15 is 0 Å². The Balaban J connectivity index is 1.81. The lowest BCUT2D eigenvalue weighted by atomic mass is 10.0. The SMILES string of the molecule is O=C(O)C[C@@H]1CN(C(=O)C[C@H]2C=CCC2)CCO1. The van der Waals surface area contributed by atoms with Crippen LogP contribution in [0.1, 0.15) is 25.7 Å². The van der Waals surface area contributed by atoms with Gasteiger partial charge in [-0.15, -0.1) is 0 Å². The molecule has 0 aromatic rings. The van der Waals surface area contributed by atoms with Gasteiger partial charge in [0.05, 0.1) is 19.1 Å². The molecule has 100 valence electrons. The minimum Gasteiger partial charge on any atom is -0.481 e. The first kappa shape index (κ1) is 13.1. The second-order valence-electron chi connectivity index (χ2n) is 4.90. The Labute approximate surface area is 106 Å². The summed E-state index contributed by atoms with van der Waals surface area (Å²) in [6.07, 6.45) is 6.47. The highest BCUT2D eigenvalue weighted by Gasteiger charge is 2.27. The van der Waals surface area contributed by atoms with E-state index in [1.54, 1.807) is 4.90 Å². The zero-order valence-corrected chi connectivity index (χ0v) is 10.4. The Morgan fingerprint density at radius 1 is 1.39 bits per heavy atom. The topological polar surface area (TPSA) is 66.8 Å². The molecule has 5 nitrogen and oxygen atoms in total. The number of allylic oxidation sites excluding steroid dienone is 2. The van der Waals surface area contributed by atoms with Crippen molar-refractivity contribution in [3.8, 4) is 0 Å². The molecule has 1 fully saturated rings. The average Bonchev–Trinajstić information content (AvgIpc) is 2.81. The lowest BCUT2D eigenvalue weighted by Crippen LogP contribution is -2.46. The molecule has 0 bridgehead atoms. The van der Waals surface area contributed by atoms with Crippen molar-refractivity contribution in [2.75, 3.05) is 19.7 Å². The van der Waals surface area contributed by atoms with Gasteiger partial charge in [-0.1, -0.05) is 12.2 Å². The Bertz CT molecular complexity index is 353. The third kappa shape index (κ3) is 3.57. The second-order valence-corrected chi connectivity index (χ2v) is 4.90. The zero-order chi connectivity index (χ0) is 13.0. The first-order valence-electron chi connectivity index (χ1n) is 6.43. The maximum absolute atomic E-state index is 12.1. The summed E-state index contributed by atoms with van der Waals surface area (Å²) in [5, 5.41) is 8.73. The van der Waals surface area contributed by atoms with Crippen LogP contribution in [0, 0.1) is 5.92 Å². The van der Waals surface area contributed by atoms with Crippen LogP contribution in [0.25, 0.3) is 0 Å². The fourth-order valence-corrected chi connectivity index (χ4v) is 2.48. The molecule has 1 amide bonds. The number of hydrogen-bond donors (Lipinski definition) is 1. The van der Waals surface area contributed by atoms with Crippen LogP contribution < -0.4 is 0 Å². The maximum Gasteiger partial charge on any atom is 0.306 e. The van der Waals surface area contributed by atoms with Crippen LogP contribution in [0.2, 0.25) is 0 Å². The molecule has 2 atom stereocenters. The Morgan fingerprint density at radius 3 is 2.89 bits per heavy atom. The van der Waals surface area contributed by atoms with Gasteiger partial charge in [0.15, 0.2) is 0 Å². The van der Waals surface area contributed by atoms with Gasteiger partial charge >= 0.3 is 5.97 Å². The summed E-state index contributed by atoms with van der Waals surface area (Å²) in [6, 6.07) is 0. The quantitative estimate of drug-likeness (QED) is 0.760. The van der Waals surface area contributed by atoms with Crippen molar-refractivity contribution < 1.29 is 19.4 Å². The number of amides is 1. The molecule has 0 saturated carbocycles. The molecule has 2 aliphatic rings. The maximum atomic E-state index is 12.1. The smallest absolute Gasteiger partial charge is 0.306 e. The van der Waals surface area contributed by atoms with Crippen molar-refractivity contribution in [3.05, 3.63) is 12.2 Å². The van der Waals surface area contributed by atoms with E-state index in [4.69, 9.17) is 9.84 Å². The summed E-state index contributed by atoms with van der Waals surface area (Å²) >= 11 is 0. The number of carboxylic acids is 1. The third-order valence-electron chi connectivity index (χ3n) is 3.44. The number of hydrogen-bond acceptors (Lipinski definition) is 3. The van der Waals surface area contributed by atoms with Gasteiger partial charge in [0, 0.05) is 19.5 Å². The number of carbonyl (C=O) groups is 2. The van der Waals surface area contributed by atoms with Gasteiger partial charge < -0.3 is 14.7 Å². The fourth-order valence-electron chi connectivity index (χ4n) is 2.48. The number of carboxylic acid groups (broad SMARTS) is 1. The van der Waals surface area contributed by atoms with E-state index in [1.165, 1.54) is 0 Å². The lowest BCUT2D eigenvalue weighted by Gasteiger charge is -2.32. The van der Waals surface area contributed by atoms with Crippen molar-refractivity contribution in [2.24, 2.45) is 5.92 Å². The molecule has 1 aliphatic carbocycles. The molecule has 0 aromatic heterocycles. The summed E-state index contributed by atoms with van der Waals surface area (Å²) in [7, 11) is 0. The minimum absolute atomic E-state index is 0.0346. The van der Waals surface area contributed by atoms with Crippen LogP contribution in [0.15, 0.2) is 12.2 Å². The third-order valence-corrected chi connectivity index (χ3v) is 3.44. The van der Waals surface area contributed by atoms with Crippen LogP contribution in [0.3, 0.4) is 0 Å². The van der Waals surface area contributed by atoms with Gasteiger partial charge in [0.1, 0.15) is 0 Å². The number of aliphatic carboxylic acids is 1. The molecule has 1 N–H and O–H groups in total. The summed E-state index contributed by atoms with van der Waals surface area (Å²) in [6.45, 7) is 1.41. The molecule has 1 heterocycles. The predicted molar refractivity (Wildman–Crippen MR) is 65.1 cm³/mol. The fraction of sp³-hybridized carbons (Fsp3) is 0.692. The van der Waals surface area contributed by atoms with E-state index < -0.39 is 5.97 Å². The van der Waals surface area contributed by atoms with Crippen molar-refractivity contribution in [2.45, 2.75) is 31.8 Å². The second kappa shape index (κ2) is 6.00. The number of nitrogens with zero attached hydrogens (tertiary/aromatic N) is 1. The van der Waals surface area contributed by atoms with E-state index in [0.717, 1.165) is 12.8 Å². The molecule has 0 unspecified atom stereocenters. The Hall–Kier alpha value is -1.36. The molecule has 1 saturated heterocycles. The van der Waals surface area contributed by atoms with Gasteiger partial charge in [-0.25, -0.2) is 0 Å². The molecule has 0 aromatic carbocycles.